The maximum absolute atomic E-state index is 12.0. The molecule has 0 aromatic rings. The van der Waals surface area contributed by atoms with Gasteiger partial charge in [-0.2, -0.15) is 0 Å². The molecule has 0 unspecified atom stereocenters. The van der Waals surface area contributed by atoms with E-state index >= 15 is 0 Å². The van der Waals surface area contributed by atoms with Crippen LogP contribution in [0.3, 0.4) is 0 Å². The summed E-state index contributed by atoms with van der Waals surface area (Å²) in [5.74, 6) is 1.29. The molecule has 0 spiro atoms. The van der Waals surface area contributed by atoms with Crippen molar-refractivity contribution in [3.63, 3.8) is 0 Å². The van der Waals surface area contributed by atoms with Crippen molar-refractivity contribution >= 4 is 10.0 Å². The van der Waals surface area contributed by atoms with Gasteiger partial charge in [-0.1, -0.05) is 26.7 Å². The molecule has 0 aliphatic heterocycles. The van der Waals surface area contributed by atoms with Gasteiger partial charge < -0.3 is 4.74 Å². The monoisotopic (exact) mass is 291 g/mol. The highest BCUT2D eigenvalue weighted by atomic mass is 32.2. The van der Waals surface area contributed by atoms with Crippen LogP contribution in [0.5, 0.6) is 0 Å². The van der Waals surface area contributed by atoms with E-state index in [1.807, 2.05) is 6.92 Å². The summed E-state index contributed by atoms with van der Waals surface area (Å²) >= 11 is 0. The molecule has 19 heavy (non-hydrogen) atoms. The quantitative estimate of drug-likeness (QED) is 0.664. The van der Waals surface area contributed by atoms with Crippen LogP contribution < -0.4 is 4.72 Å². The maximum atomic E-state index is 12.0. The number of ether oxygens (including phenoxy) is 1. The molecule has 0 amide bonds. The first kappa shape index (κ1) is 16.9. The van der Waals surface area contributed by atoms with Gasteiger partial charge in [0, 0.05) is 12.6 Å². The predicted octanol–water partition coefficient (Wildman–Crippen LogP) is 2.55. The van der Waals surface area contributed by atoms with Gasteiger partial charge in [-0.3, -0.25) is 0 Å². The van der Waals surface area contributed by atoms with Crippen molar-refractivity contribution < 1.29 is 13.2 Å². The molecule has 1 aliphatic carbocycles. The summed E-state index contributed by atoms with van der Waals surface area (Å²) in [4.78, 5) is 0. The lowest BCUT2D eigenvalue weighted by atomic mass is 9.94. The van der Waals surface area contributed by atoms with Crippen molar-refractivity contribution in [1.29, 1.82) is 0 Å². The molecule has 0 radical (unpaired) electrons. The van der Waals surface area contributed by atoms with Crippen molar-refractivity contribution in [1.82, 2.24) is 4.72 Å². The van der Waals surface area contributed by atoms with Crippen LogP contribution in [0.25, 0.3) is 0 Å². The SMILES string of the molecule is CCOCCS(=O)(=O)N[C@H]1CCC[C@H]1CCC(C)C. The number of rotatable bonds is 9. The van der Waals surface area contributed by atoms with Gasteiger partial charge in [0.05, 0.1) is 12.4 Å². The molecule has 0 bridgehead atoms. The maximum Gasteiger partial charge on any atom is 0.214 e. The van der Waals surface area contributed by atoms with Crippen LogP contribution >= 0.6 is 0 Å². The Labute approximate surface area is 118 Å². The van der Waals surface area contributed by atoms with Gasteiger partial charge in [0.25, 0.3) is 0 Å². The van der Waals surface area contributed by atoms with Crippen molar-refractivity contribution in [3.05, 3.63) is 0 Å². The zero-order valence-electron chi connectivity index (χ0n) is 12.5. The fourth-order valence-corrected chi connectivity index (χ4v) is 3.91. The molecule has 0 heterocycles. The Morgan fingerprint density at radius 3 is 2.68 bits per heavy atom. The number of nitrogens with one attached hydrogen (secondary N) is 1. The van der Waals surface area contributed by atoms with Gasteiger partial charge in [0.1, 0.15) is 0 Å². The molecule has 1 aliphatic rings. The van der Waals surface area contributed by atoms with E-state index in [1.165, 1.54) is 6.42 Å². The van der Waals surface area contributed by atoms with Crippen molar-refractivity contribution in [2.75, 3.05) is 19.0 Å². The third-order valence-electron chi connectivity index (χ3n) is 3.81. The van der Waals surface area contributed by atoms with E-state index in [1.54, 1.807) is 0 Å². The first-order valence-electron chi connectivity index (χ1n) is 7.52. The largest absolute Gasteiger partial charge is 0.381 e. The second-order valence-corrected chi connectivity index (χ2v) is 7.78. The van der Waals surface area contributed by atoms with E-state index in [9.17, 15) is 8.42 Å². The van der Waals surface area contributed by atoms with Crippen LogP contribution in [0.15, 0.2) is 0 Å². The standard InChI is InChI=1S/C14H29NO3S/c1-4-18-10-11-19(16,17)15-14-7-5-6-13(14)9-8-12(2)3/h12-15H,4-11H2,1-3H3/t13-,14-/m0/s1. The lowest BCUT2D eigenvalue weighted by Gasteiger charge is -2.21. The van der Waals surface area contributed by atoms with Gasteiger partial charge in [-0.05, 0) is 38.0 Å². The van der Waals surface area contributed by atoms with E-state index in [-0.39, 0.29) is 18.4 Å². The minimum absolute atomic E-state index is 0.0776. The molecule has 2 atom stereocenters. The van der Waals surface area contributed by atoms with E-state index in [0.717, 1.165) is 25.7 Å². The summed E-state index contributed by atoms with van der Waals surface area (Å²) in [5.41, 5.74) is 0. The molecule has 0 saturated heterocycles. The van der Waals surface area contributed by atoms with Crippen LogP contribution in [0.1, 0.15) is 52.9 Å². The third kappa shape index (κ3) is 6.72. The fraction of sp³-hybridized carbons (Fsp3) is 1.00. The first-order chi connectivity index (χ1) is 8.94. The Kier molecular flexibility index (Phi) is 7.32. The van der Waals surface area contributed by atoms with Gasteiger partial charge in [0.2, 0.25) is 10.0 Å². The van der Waals surface area contributed by atoms with E-state index in [2.05, 4.69) is 18.6 Å². The Morgan fingerprint density at radius 2 is 2.05 bits per heavy atom. The summed E-state index contributed by atoms with van der Waals surface area (Å²) in [5, 5.41) is 0. The Bertz CT molecular complexity index is 341. The van der Waals surface area contributed by atoms with Crippen molar-refractivity contribution in [3.8, 4) is 0 Å². The molecular weight excluding hydrogens is 262 g/mol. The van der Waals surface area contributed by atoms with Crippen molar-refractivity contribution in [2.24, 2.45) is 11.8 Å². The average Bonchev–Trinajstić information content (AvgIpc) is 2.73. The van der Waals surface area contributed by atoms with Crippen LogP contribution in [-0.2, 0) is 14.8 Å². The lowest BCUT2D eigenvalue weighted by molar-refractivity contribution is 0.163. The normalized spacial score (nSPS) is 24.2. The van der Waals surface area contributed by atoms with E-state index in [4.69, 9.17) is 4.74 Å². The minimum atomic E-state index is -3.18. The highest BCUT2D eigenvalue weighted by molar-refractivity contribution is 7.89. The smallest absolute Gasteiger partial charge is 0.214 e. The summed E-state index contributed by atoms with van der Waals surface area (Å²) in [6.45, 7) is 7.16. The van der Waals surface area contributed by atoms with E-state index in [0.29, 0.717) is 18.4 Å². The Morgan fingerprint density at radius 1 is 1.32 bits per heavy atom. The van der Waals surface area contributed by atoms with Crippen LogP contribution in [0.4, 0.5) is 0 Å². The second-order valence-electron chi connectivity index (χ2n) is 5.90. The first-order valence-corrected chi connectivity index (χ1v) is 9.17. The Balaban J connectivity index is 2.40. The summed E-state index contributed by atoms with van der Waals surface area (Å²) in [6.07, 6.45) is 5.60. The van der Waals surface area contributed by atoms with Gasteiger partial charge in [-0.25, -0.2) is 13.1 Å². The summed E-state index contributed by atoms with van der Waals surface area (Å²) in [6, 6.07) is 0.144. The zero-order valence-corrected chi connectivity index (χ0v) is 13.3. The molecule has 1 N–H and O–H groups in total. The van der Waals surface area contributed by atoms with Gasteiger partial charge >= 0.3 is 0 Å². The molecule has 1 fully saturated rings. The molecule has 1 saturated carbocycles. The molecule has 5 heteroatoms. The second kappa shape index (κ2) is 8.22. The predicted molar refractivity (Wildman–Crippen MR) is 78.6 cm³/mol. The molecule has 0 aromatic heterocycles. The number of hydrogen-bond donors (Lipinski definition) is 1. The van der Waals surface area contributed by atoms with Crippen molar-refractivity contribution in [2.45, 2.75) is 58.9 Å². The average molecular weight is 291 g/mol. The summed E-state index contributed by atoms with van der Waals surface area (Å²) in [7, 11) is -3.18. The lowest BCUT2D eigenvalue weighted by Crippen LogP contribution is -2.39. The zero-order chi connectivity index (χ0) is 14.3. The number of hydrogen-bond acceptors (Lipinski definition) is 3. The van der Waals surface area contributed by atoms with E-state index < -0.39 is 10.0 Å². The Hall–Kier alpha value is -0.130. The molecule has 0 aromatic carbocycles. The van der Waals surface area contributed by atoms with Crippen LogP contribution in [0.2, 0.25) is 0 Å². The van der Waals surface area contributed by atoms with Crippen LogP contribution in [-0.4, -0.2) is 33.4 Å². The van der Waals surface area contributed by atoms with Crippen LogP contribution in [0, 0.1) is 11.8 Å². The molecular formula is C14H29NO3S. The summed E-state index contributed by atoms with van der Waals surface area (Å²) < 4.78 is 31.9. The molecule has 114 valence electrons. The topological polar surface area (TPSA) is 55.4 Å². The van der Waals surface area contributed by atoms with Gasteiger partial charge in [0.15, 0.2) is 0 Å². The molecule has 4 nitrogen and oxygen atoms in total. The third-order valence-corrected chi connectivity index (χ3v) is 5.17. The van der Waals surface area contributed by atoms with Gasteiger partial charge in [-0.15, -0.1) is 0 Å². The fourth-order valence-electron chi connectivity index (χ4n) is 2.69. The highest BCUT2D eigenvalue weighted by Gasteiger charge is 2.30. The molecule has 1 rings (SSSR count). The highest BCUT2D eigenvalue weighted by Crippen LogP contribution is 2.31. The number of sulfonamides is 1. The minimum Gasteiger partial charge on any atom is -0.381 e.